The monoisotopic (exact) mass is 331 g/mol. The van der Waals surface area contributed by atoms with Crippen LogP contribution in [-0.4, -0.2) is 54.7 Å². The Bertz CT molecular complexity index is 607. The molecule has 0 aliphatic carbocycles. The van der Waals surface area contributed by atoms with Crippen LogP contribution in [0.15, 0.2) is 30.3 Å². The Labute approximate surface area is 142 Å². The maximum atomic E-state index is 12.3. The van der Waals surface area contributed by atoms with E-state index in [2.05, 4.69) is 22.3 Å². The maximum Gasteiger partial charge on any atom is 0.317 e. The molecule has 2 N–H and O–H groups in total. The van der Waals surface area contributed by atoms with Gasteiger partial charge in [-0.1, -0.05) is 18.2 Å². The lowest BCUT2D eigenvalue weighted by Crippen LogP contribution is -2.42. The molecular formula is C18H25N3O3. The molecule has 2 atom stereocenters. The molecule has 1 aromatic rings. The number of hydrogen-bond donors (Lipinski definition) is 2. The summed E-state index contributed by atoms with van der Waals surface area (Å²) in [6, 6.07) is 10.2. The van der Waals surface area contributed by atoms with Gasteiger partial charge in [-0.3, -0.25) is 4.79 Å². The third-order valence-electron chi connectivity index (χ3n) is 5.23. The Balaban J connectivity index is 1.45. The van der Waals surface area contributed by atoms with Gasteiger partial charge in [0.15, 0.2) is 0 Å². The predicted octanol–water partition coefficient (Wildman–Crippen LogP) is 2.02. The van der Waals surface area contributed by atoms with E-state index in [0.29, 0.717) is 25.4 Å². The lowest BCUT2D eigenvalue weighted by molar-refractivity contribution is -0.146. The Kier molecular flexibility index (Phi) is 4.64. The van der Waals surface area contributed by atoms with E-state index < -0.39 is 11.4 Å². The Morgan fingerprint density at radius 3 is 2.71 bits per heavy atom. The zero-order valence-corrected chi connectivity index (χ0v) is 14.1. The molecule has 2 fully saturated rings. The number of para-hydroxylation sites is 1. The number of hydrogen-bond acceptors (Lipinski definition) is 3. The summed E-state index contributed by atoms with van der Waals surface area (Å²) in [5.74, 6) is -0.394. The number of carbonyl (C=O) groups is 2. The van der Waals surface area contributed by atoms with Gasteiger partial charge in [0.05, 0.1) is 5.41 Å². The number of rotatable bonds is 4. The Morgan fingerprint density at radius 1 is 1.29 bits per heavy atom. The zero-order chi connectivity index (χ0) is 17.2. The molecule has 6 nitrogen and oxygen atoms in total. The number of amides is 2. The van der Waals surface area contributed by atoms with Crippen LogP contribution in [0.2, 0.25) is 0 Å². The predicted molar refractivity (Wildman–Crippen MR) is 92.1 cm³/mol. The summed E-state index contributed by atoms with van der Waals surface area (Å²) < 4.78 is 0. The van der Waals surface area contributed by atoms with Crippen molar-refractivity contribution in [2.24, 2.45) is 11.3 Å². The third-order valence-corrected chi connectivity index (χ3v) is 5.23. The molecule has 2 aliphatic heterocycles. The lowest BCUT2D eigenvalue weighted by Gasteiger charge is -2.22. The van der Waals surface area contributed by atoms with Crippen molar-refractivity contribution in [2.45, 2.75) is 19.8 Å². The van der Waals surface area contributed by atoms with E-state index in [-0.39, 0.29) is 12.6 Å². The first-order valence-corrected chi connectivity index (χ1v) is 8.54. The van der Waals surface area contributed by atoms with Crippen molar-refractivity contribution in [3.8, 4) is 0 Å². The van der Waals surface area contributed by atoms with E-state index >= 15 is 0 Å². The minimum atomic E-state index is -0.827. The smallest absolute Gasteiger partial charge is 0.317 e. The van der Waals surface area contributed by atoms with E-state index in [4.69, 9.17) is 0 Å². The van der Waals surface area contributed by atoms with Crippen molar-refractivity contribution < 1.29 is 14.7 Å². The van der Waals surface area contributed by atoms with Gasteiger partial charge in [0, 0.05) is 38.4 Å². The number of carboxylic acids is 1. The van der Waals surface area contributed by atoms with E-state index in [1.54, 1.807) is 11.8 Å². The van der Waals surface area contributed by atoms with Gasteiger partial charge in [-0.15, -0.1) is 0 Å². The number of urea groups is 1. The first-order chi connectivity index (χ1) is 11.5. The summed E-state index contributed by atoms with van der Waals surface area (Å²) in [5.41, 5.74) is 0.414. The van der Waals surface area contributed by atoms with Gasteiger partial charge in [-0.05, 0) is 37.8 Å². The summed E-state index contributed by atoms with van der Waals surface area (Å²) in [4.78, 5) is 27.5. The molecule has 2 amide bonds. The molecule has 2 unspecified atom stereocenters. The quantitative estimate of drug-likeness (QED) is 0.885. The second kappa shape index (κ2) is 6.71. The molecular weight excluding hydrogens is 306 g/mol. The van der Waals surface area contributed by atoms with Crippen molar-refractivity contribution in [1.82, 2.24) is 10.2 Å². The molecule has 0 spiro atoms. The highest BCUT2D eigenvalue weighted by atomic mass is 16.4. The van der Waals surface area contributed by atoms with Gasteiger partial charge in [0.1, 0.15) is 0 Å². The van der Waals surface area contributed by atoms with Gasteiger partial charge >= 0.3 is 12.0 Å². The fraction of sp³-hybridized carbons (Fsp3) is 0.556. The van der Waals surface area contributed by atoms with E-state index in [9.17, 15) is 14.7 Å². The number of nitrogens with one attached hydrogen (secondary N) is 1. The number of carbonyl (C=O) groups excluding carboxylic acids is 1. The molecule has 24 heavy (non-hydrogen) atoms. The minimum absolute atomic E-state index is 0.141. The molecule has 2 aliphatic rings. The molecule has 2 heterocycles. The van der Waals surface area contributed by atoms with Gasteiger partial charge in [0.2, 0.25) is 0 Å². The molecule has 0 saturated carbocycles. The SMILES string of the molecule is CC1(C(=O)O)CCN(C(=O)NCC2CCN(c3ccccc3)C2)C1. The van der Waals surface area contributed by atoms with Crippen LogP contribution in [0.3, 0.4) is 0 Å². The average Bonchev–Trinajstić information content (AvgIpc) is 3.21. The number of anilines is 1. The molecule has 1 aromatic carbocycles. The average molecular weight is 331 g/mol. The molecule has 130 valence electrons. The van der Waals surface area contributed by atoms with Crippen LogP contribution in [0, 0.1) is 11.3 Å². The van der Waals surface area contributed by atoms with Crippen molar-refractivity contribution in [2.75, 3.05) is 37.6 Å². The highest BCUT2D eigenvalue weighted by Crippen LogP contribution is 2.30. The van der Waals surface area contributed by atoms with Gasteiger partial charge in [-0.25, -0.2) is 4.79 Å². The fourth-order valence-electron chi connectivity index (χ4n) is 3.53. The zero-order valence-electron chi connectivity index (χ0n) is 14.1. The van der Waals surface area contributed by atoms with Crippen LogP contribution in [0.25, 0.3) is 0 Å². The minimum Gasteiger partial charge on any atom is -0.481 e. The number of nitrogens with zero attached hydrogens (tertiary/aromatic N) is 2. The molecule has 0 bridgehead atoms. The van der Waals surface area contributed by atoms with Crippen molar-refractivity contribution in [3.63, 3.8) is 0 Å². The summed E-state index contributed by atoms with van der Waals surface area (Å²) in [5, 5.41) is 12.2. The fourth-order valence-corrected chi connectivity index (χ4v) is 3.53. The molecule has 3 rings (SSSR count). The highest BCUT2D eigenvalue weighted by molar-refractivity contribution is 5.79. The first-order valence-electron chi connectivity index (χ1n) is 8.54. The highest BCUT2D eigenvalue weighted by Gasteiger charge is 2.42. The number of likely N-dealkylation sites (tertiary alicyclic amines) is 1. The van der Waals surface area contributed by atoms with Crippen LogP contribution in [-0.2, 0) is 4.79 Å². The summed E-state index contributed by atoms with van der Waals surface area (Å²) in [7, 11) is 0. The molecule has 6 heteroatoms. The summed E-state index contributed by atoms with van der Waals surface area (Å²) >= 11 is 0. The van der Waals surface area contributed by atoms with Gasteiger partial charge < -0.3 is 20.2 Å². The summed E-state index contributed by atoms with van der Waals surface area (Å²) in [6.07, 6.45) is 1.57. The van der Waals surface area contributed by atoms with Crippen LogP contribution >= 0.6 is 0 Å². The molecule has 0 aromatic heterocycles. The van der Waals surface area contributed by atoms with Crippen molar-refractivity contribution in [3.05, 3.63) is 30.3 Å². The number of benzene rings is 1. The maximum absolute atomic E-state index is 12.3. The normalized spacial score (nSPS) is 26.6. The lowest BCUT2D eigenvalue weighted by atomic mass is 9.90. The van der Waals surface area contributed by atoms with Crippen LogP contribution in [0.1, 0.15) is 19.8 Å². The molecule has 2 saturated heterocycles. The summed E-state index contributed by atoms with van der Waals surface area (Å²) in [6.45, 7) is 5.09. The Hall–Kier alpha value is -2.24. The standard InChI is InChI=1S/C18H25N3O3/c1-18(16(22)23)8-10-21(13-18)17(24)19-11-14-7-9-20(12-14)15-5-3-2-4-6-15/h2-6,14H,7-13H2,1H3,(H,19,24)(H,22,23). The van der Waals surface area contributed by atoms with Gasteiger partial charge in [0.25, 0.3) is 0 Å². The third kappa shape index (κ3) is 3.47. The van der Waals surface area contributed by atoms with Crippen molar-refractivity contribution in [1.29, 1.82) is 0 Å². The van der Waals surface area contributed by atoms with Crippen LogP contribution in [0.5, 0.6) is 0 Å². The second-order valence-corrected chi connectivity index (χ2v) is 7.16. The van der Waals surface area contributed by atoms with E-state index in [1.165, 1.54) is 5.69 Å². The van der Waals surface area contributed by atoms with E-state index in [0.717, 1.165) is 19.5 Å². The largest absolute Gasteiger partial charge is 0.481 e. The Morgan fingerprint density at radius 2 is 2.04 bits per heavy atom. The van der Waals surface area contributed by atoms with E-state index in [1.807, 2.05) is 18.2 Å². The second-order valence-electron chi connectivity index (χ2n) is 7.16. The van der Waals surface area contributed by atoms with Crippen LogP contribution < -0.4 is 10.2 Å². The first kappa shape index (κ1) is 16.6. The number of carboxylic acid groups (broad SMARTS) is 1. The number of aliphatic carboxylic acids is 1. The van der Waals surface area contributed by atoms with Crippen molar-refractivity contribution >= 4 is 17.7 Å². The van der Waals surface area contributed by atoms with Crippen LogP contribution in [0.4, 0.5) is 10.5 Å². The molecule has 0 radical (unpaired) electrons. The van der Waals surface area contributed by atoms with Gasteiger partial charge in [-0.2, -0.15) is 0 Å². The topological polar surface area (TPSA) is 72.9 Å².